The molecule has 1 amide bonds. The van der Waals surface area contributed by atoms with Gasteiger partial charge in [-0.25, -0.2) is 9.37 Å². The fourth-order valence-corrected chi connectivity index (χ4v) is 5.61. The number of thiazole rings is 1. The number of aromatic nitrogens is 4. The predicted octanol–water partition coefficient (Wildman–Crippen LogP) is 7.34. The van der Waals surface area contributed by atoms with Gasteiger partial charge in [-0.05, 0) is 61.4 Å². The Hall–Kier alpha value is -3.53. The highest BCUT2D eigenvalue weighted by molar-refractivity contribution is 7.98. The lowest BCUT2D eigenvalue weighted by Crippen LogP contribution is -2.12. The standard InChI is InChI=1S/C27H21ClFN5OS2/c1-16-11-12-18(13-17(16)2)30-26(35)22-14-36-24(31-22)15-37-27-33-32-25(19-7-3-4-8-20(19)28)34(27)23-10-6-5-9-21(23)29/h3-14H,15H2,1-2H3,(H,30,35). The molecule has 0 aliphatic rings. The first-order valence-electron chi connectivity index (χ1n) is 11.3. The second-order valence-corrected chi connectivity index (χ2v) is 10.5. The second-order valence-electron chi connectivity index (χ2n) is 8.24. The maximum absolute atomic E-state index is 14.8. The number of carbonyl (C=O) groups is 1. The monoisotopic (exact) mass is 549 g/mol. The van der Waals surface area contributed by atoms with Crippen LogP contribution < -0.4 is 5.32 Å². The number of aryl methyl sites for hydroxylation is 2. The minimum atomic E-state index is -0.406. The summed E-state index contributed by atoms with van der Waals surface area (Å²) in [6, 6.07) is 19.5. The molecule has 0 atom stereocenters. The Morgan fingerprint density at radius 1 is 1.05 bits per heavy atom. The van der Waals surface area contributed by atoms with Crippen LogP contribution in [0.2, 0.25) is 5.02 Å². The van der Waals surface area contributed by atoms with Crippen LogP contribution in [0.25, 0.3) is 17.1 Å². The zero-order valence-corrected chi connectivity index (χ0v) is 22.3. The van der Waals surface area contributed by atoms with Crippen LogP contribution in [0.1, 0.15) is 26.6 Å². The number of amides is 1. The first-order valence-corrected chi connectivity index (χ1v) is 13.6. The van der Waals surface area contributed by atoms with Crippen molar-refractivity contribution in [3.8, 4) is 17.1 Å². The summed E-state index contributed by atoms with van der Waals surface area (Å²) >= 11 is 9.15. The summed E-state index contributed by atoms with van der Waals surface area (Å²) in [5.41, 5.74) is 4.28. The molecule has 37 heavy (non-hydrogen) atoms. The molecular formula is C27H21ClFN5OS2. The van der Waals surface area contributed by atoms with E-state index in [1.165, 1.54) is 29.2 Å². The maximum atomic E-state index is 14.8. The van der Waals surface area contributed by atoms with Gasteiger partial charge in [0.1, 0.15) is 16.5 Å². The molecule has 186 valence electrons. The Labute approximate surface area is 226 Å². The molecule has 2 aromatic heterocycles. The summed E-state index contributed by atoms with van der Waals surface area (Å²) in [6.45, 7) is 4.02. The second kappa shape index (κ2) is 10.8. The van der Waals surface area contributed by atoms with E-state index >= 15 is 0 Å². The molecule has 0 fully saturated rings. The molecule has 6 nitrogen and oxygen atoms in total. The number of para-hydroxylation sites is 1. The van der Waals surface area contributed by atoms with Crippen molar-refractivity contribution in [2.75, 3.05) is 5.32 Å². The lowest BCUT2D eigenvalue weighted by Gasteiger charge is -2.11. The fourth-order valence-electron chi connectivity index (χ4n) is 3.65. The molecule has 0 spiro atoms. The van der Waals surface area contributed by atoms with Crippen LogP contribution in [0, 0.1) is 19.7 Å². The molecule has 0 aliphatic carbocycles. The van der Waals surface area contributed by atoms with Crippen LogP contribution in [0.15, 0.2) is 77.3 Å². The SMILES string of the molecule is Cc1ccc(NC(=O)c2csc(CSc3nnc(-c4ccccc4Cl)n3-c3ccccc3F)n2)cc1C. The van der Waals surface area contributed by atoms with Crippen LogP contribution in [0.5, 0.6) is 0 Å². The molecule has 0 radical (unpaired) electrons. The van der Waals surface area contributed by atoms with E-state index in [0.29, 0.717) is 38.7 Å². The summed E-state index contributed by atoms with van der Waals surface area (Å²) in [6.07, 6.45) is 0. The number of carbonyl (C=O) groups excluding carboxylic acids is 1. The zero-order chi connectivity index (χ0) is 25.9. The average molecular weight is 550 g/mol. The van der Waals surface area contributed by atoms with E-state index in [-0.39, 0.29) is 5.91 Å². The van der Waals surface area contributed by atoms with E-state index in [2.05, 4.69) is 20.5 Å². The summed E-state index contributed by atoms with van der Waals surface area (Å²) < 4.78 is 16.5. The van der Waals surface area contributed by atoms with Gasteiger partial charge < -0.3 is 5.32 Å². The van der Waals surface area contributed by atoms with Crippen LogP contribution in [0.4, 0.5) is 10.1 Å². The smallest absolute Gasteiger partial charge is 0.275 e. The molecule has 1 N–H and O–H groups in total. The van der Waals surface area contributed by atoms with Gasteiger partial charge in [0.25, 0.3) is 5.91 Å². The van der Waals surface area contributed by atoms with Crippen molar-refractivity contribution in [3.63, 3.8) is 0 Å². The molecule has 0 aliphatic heterocycles. The molecule has 10 heteroatoms. The van der Waals surface area contributed by atoms with Gasteiger partial charge in [0.05, 0.1) is 16.5 Å². The van der Waals surface area contributed by atoms with Crippen LogP contribution in [-0.4, -0.2) is 25.7 Å². The largest absolute Gasteiger partial charge is 0.321 e. The van der Waals surface area contributed by atoms with Gasteiger partial charge in [-0.1, -0.05) is 53.7 Å². The quantitative estimate of drug-likeness (QED) is 0.215. The lowest BCUT2D eigenvalue weighted by atomic mass is 10.1. The van der Waals surface area contributed by atoms with E-state index in [4.69, 9.17) is 11.6 Å². The van der Waals surface area contributed by atoms with Gasteiger partial charge in [-0.3, -0.25) is 9.36 Å². The van der Waals surface area contributed by atoms with E-state index in [0.717, 1.165) is 21.8 Å². The van der Waals surface area contributed by atoms with Crippen molar-refractivity contribution < 1.29 is 9.18 Å². The van der Waals surface area contributed by atoms with Gasteiger partial charge in [-0.15, -0.1) is 21.5 Å². The van der Waals surface area contributed by atoms with Crippen molar-refractivity contribution in [1.29, 1.82) is 0 Å². The minimum Gasteiger partial charge on any atom is -0.321 e. The number of hydrogen-bond donors (Lipinski definition) is 1. The zero-order valence-electron chi connectivity index (χ0n) is 19.9. The average Bonchev–Trinajstić information content (AvgIpc) is 3.53. The molecule has 0 bridgehead atoms. The molecule has 0 saturated heterocycles. The van der Waals surface area contributed by atoms with Crippen LogP contribution >= 0.6 is 34.7 Å². The Kier molecular flexibility index (Phi) is 7.36. The number of nitrogens with zero attached hydrogens (tertiary/aromatic N) is 4. The number of anilines is 1. The molecule has 5 aromatic rings. The normalized spacial score (nSPS) is 11.0. The molecule has 3 aromatic carbocycles. The molecular weight excluding hydrogens is 529 g/mol. The molecule has 0 unspecified atom stereocenters. The minimum absolute atomic E-state index is 0.272. The third kappa shape index (κ3) is 5.44. The highest BCUT2D eigenvalue weighted by atomic mass is 35.5. The summed E-state index contributed by atoms with van der Waals surface area (Å²) in [5.74, 6) is 0.186. The van der Waals surface area contributed by atoms with Crippen molar-refractivity contribution in [1.82, 2.24) is 19.7 Å². The van der Waals surface area contributed by atoms with Gasteiger partial charge in [0, 0.05) is 16.6 Å². The van der Waals surface area contributed by atoms with Crippen LogP contribution in [0.3, 0.4) is 0 Å². The molecule has 2 heterocycles. The first-order chi connectivity index (χ1) is 17.9. The number of hydrogen-bond acceptors (Lipinski definition) is 6. The van der Waals surface area contributed by atoms with Crippen LogP contribution in [-0.2, 0) is 5.75 Å². The number of halogens is 2. The summed E-state index contributed by atoms with van der Waals surface area (Å²) in [4.78, 5) is 17.2. The van der Waals surface area contributed by atoms with E-state index in [1.54, 1.807) is 34.2 Å². The number of rotatable bonds is 7. The van der Waals surface area contributed by atoms with E-state index < -0.39 is 5.82 Å². The molecule has 5 rings (SSSR count). The number of thioether (sulfide) groups is 1. The van der Waals surface area contributed by atoms with E-state index in [9.17, 15) is 9.18 Å². The molecule has 0 saturated carbocycles. The highest BCUT2D eigenvalue weighted by Gasteiger charge is 2.21. The van der Waals surface area contributed by atoms with Gasteiger partial charge in [-0.2, -0.15) is 0 Å². The fraction of sp³-hybridized carbons (Fsp3) is 0.111. The highest BCUT2D eigenvalue weighted by Crippen LogP contribution is 2.34. The van der Waals surface area contributed by atoms with Crippen molar-refractivity contribution >= 4 is 46.3 Å². The Bertz CT molecular complexity index is 1600. The van der Waals surface area contributed by atoms with E-state index in [1.807, 2.05) is 50.2 Å². The topological polar surface area (TPSA) is 72.7 Å². The third-order valence-corrected chi connectivity index (χ3v) is 8.02. The van der Waals surface area contributed by atoms with Crippen molar-refractivity contribution in [2.24, 2.45) is 0 Å². The Balaban J connectivity index is 1.38. The Morgan fingerprint density at radius 3 is 2.62 bits per heavy atom. The first kappa shape index (κ1) is 25.1. The number of benzene rings is 3. The summed E-state index contributed by atoms with van der Waals surface area (Å²) in [7, 11) is 0. The van der Waals surface area contributed by atoms with Gasteiger partial charge >= 0.3 is 0 Å². The predicted molar refractivity (Wildman–Crippen MR) is 147 cm³/mol. The van der Waals surface area contributed by atoms with Gasteiger partial charge in [0.15, 0.2) is 11.0 Å². The third-order valence-electron chi connectivity index (χ3n) is 5.72. The lowest BCUT2D eigenvalue weighted by molar-refractivity contribution is 0.102. The maximum Gasteiger partial charge on any atom is 0.275 e. The van der Waals surface area contributed by atoms with Gasteiger partial charge in [0.2, 0.25) is 0 Å². The summed E-state index contributed by atoms with van der Waals surface area (Å²) in [5, 5.41) is 15.0. The Morgan fingerprint density at radius 2 is 1.84 bits per heavy atom. The van der Waals surface area contributed by atoms with Crippen molar-refractivity contribution in [2.45, 2.75) is 24.8 Å². The number of nitrogens with one attached hydrogen (secondary N) is 1. The van der Waals surface area contributed by atoms with Crippen molar-refractivity contribution in [3.05, 3.63) is 105 Å².